The molecule has 143 heavy (non-hydrogen) atoms. The second kappa shape index (κ2) is 47.9. The molecular formula is C110H165N5O28. The van der Waals surface area contributed by atoms with Crippen molar-refractivity contribution in [3.63, 3.8) is 0 Å². The van der Waals surface area contributed by atoms with Gasteiger partial charge in [-0.1, -0.05) is 71.6 Å². The summed E-state index contributed by atoms with van der Waals surface area (Å²) in [6, 6.07) is 6.71. The highest BCUT2D eigenvalue weighted by molar-refractivity contribution is 5.83. The van der Waals surface area contributed by atoms with Crippen molar-refractivity contribution in [1.29, 1.82) is 0 Å². The SMILES string of the molecule is CCC1(OC(=O)C2CCCCN2C(=O)OC2(C3CCCC3)CCCC2)CCCO1.CCC1(OC(=O)C2CCCCN2C(=O)OC2CCCCO2)CCCO1.CCCCN(CCCC(=O)OC1(CC)CCCO1)C(=O)OC1CCCCC1.O=C1OC2(OC3CN(C(=O)OC4CCCCO4)CCC13)C1CC3CC(C1)CC2C3.O=C1OC2(OC3CN(C(=O)OC4CCc5ccccc5O4)CCC13)C1CC3CC(C1)CC2C3. The minimum atomic E-state index is -0.823. The molecule has 0 aromatic heterocycles. The number of carbonyl (C=O) groups excluding carboxylic acids is 10. The van der Waals surface area contributed by atoms with Crippen LogP contribution in [-0.2, 0) is 111 Å². The number of aryl methyl sites for hydroxylation is 1. The Morgan fingerprint density at radius 1 is 0.406 bits per heavy atom. The van der Waals surface area contributed by atoms with Crippen LogP contribution in [0.1, 0.15) is 361 Å². The molecule has 12 atom stereocenters. The van der Waals surface area contributed by atoms with Gasteiger partial charge in [-0.15, -0.1) is 0 Å². The molecule has 0 N–H and O–H groups in total. The van der Waals surface area contributed by atoms with Crippen LogP contribution < -0.4 is 4.74 Å². The maximum Gasteiger partial charge on any atom is 0.412 e. The first-order valence-electron chi connectivity index (χ1n) is 56.7. The van der Waals surface area contributed by atoms with E-state index in [4.69, 9.17) is 85.3 Å². The Bertz CT molecular complexity index is 4370. The first-order chi connectivity index (χ1) is 69.5. The number of ether oxygens (including phenoxy) is 18. The third-order valence-electron chi connectivity index (χ3n) is 36.1. The number of benzene rings is 1. The largest absolute Gasteiger partial charge is 0.454 e. The number of esters is 5. The second-order valence-electron chi connectivity index (χ2n) is 45.4. The number of nitrogens with zero attached hydrogens (tertiary/aromatic N) is 5. The Morgan fingerprint density at radius 3 is 1.34 bits per heavy atom. The Morgan fingerprint density at radius 2 is 0.860 bits per heavy atom. The van der Waals surface area contributed by atoms with Gasteiger partial charge in [0.1, 0.15) is 29.5 Å². The molecule has 1 aromatic carbocycles. The number of fused-ring (bicyclic) bond motifs is 3. The van der Waals surface area contributed by atoms with Crippen molar-refractivity contribution in [2.75, 3.05) is 85.4 Å². The summed E-state index contributed by atoms with van der Waals surface area (Å²) in [5, 5.41) is 0. The highest BCUT2D eigenvalue weighted by Crippen LogP contribution is 2.64. The first-order valence-corrected chi connectivity index (χ1v) is 56.7. The van der Waals surface area contributed by atoms with Crippen molar-refractivity contribution in [3.8, 4) is 5.75 Å². The summed E-state index contributed by atoms with van der Waals surface area (Å²) >= 11 is 0. The average Bonchev–Trinajstić information content (AvgIpc) is 1.41. The van der Waals surface area contributed by atoms with Crippen LogP contribution in [0.4, 0.5) is 24.0 Å². The van der Waals surface area contributed by atoms with Crippen molar-refractivity contribution < 1.29 is 133 Å². The number of hydrogen-bond acceptors (Lipinski definition) is 28. The Kier molecular flexibility index (Phi) is 35.3. The smallest absolute Gasteiger partial charge is 0.412 e. The van der Waals surface area contributed by atoms with E-state index in [1.165, 1.54) is 37.0 Å². The molecule has 11 aliphatic carbocycles. The number of rotatable bonds is 21. The van der Waals surface area contributed by atoms with Crippen molar-refractivity contribution in [1.82, 2.24) is 24.5 Å². The molecule has 0 radical (unpaired) electrons. The minimum absolute atomic E-state index is 0.0595. The zero-order valence-corrected chi connectivity index (χ0v) is 85.9. The normalized spacial score (nSPS) is 36.4. The van der Waals surface area contributed by atoms with Gasteiger partial charge in [0, 0.05) is 127 Å². The van der Waals surface area contributed by atoms with Crippen molar-refractivity contribution >= 4 is 60.3 Å². The summed E-state index contributed by atoms with van der Waals surface area (Å²) in [5.41, 5.74) is 0.833. The van der Waals surface area contributed by atoms with Gasteiger partial charge in [-0.3, -0.25) is 24.2 Å². The van der Waals surface area contributed by atoms with E-state index in [1.54, 1.807) is 19.6 Å². The third-order valence-corrected chi connectivity index (χ3v) is 36.1. The number of piperidine rings is 4. The number of carbonyl (C=O) groups is 10. The average molecular weight is 2010 g/mol. The lowest BCUT2D eigenvalue weighted by Gasteiger charge is -2.62. The predicted molar refractivity (Wildman–Crippen MR) is 517 cm³/mol. The topological polar surface area (TPSA) is 353 Å². The molecule has 11 saturated carbocycles. The monoisotopic (exact) mass is 2000 g/mol. The fraction of sp³-hybridized carbons (Fsp3) is 0.855. The maximum atomic E-state index is 13.3. The zero-order valence-electron chi connectivity index (χ0n) is 85.9. The third kappa shape index (κ3) is 24.8. The van der Waals surface area contributed by atoms with Gasteiger partial charge in [-0.25, -0.2) is 33.6 Å². The number of amides is 5. The molecule has 12 aliphatic heterocycles. The highest BCUT2D eigenvalue weighted by Gasteiger charge is 2.67. The molecule has 1 aromatic rings. The van der Waals surface area contributed by atoms with Gasteiger partial charge < -0.3 is 100.0 Å². The molecule has 24 rings (SSSR count). The van der Waals surface area contributed by atoms with Gasteiger partial charge in [0.25, 0.3) is 0 Å². The quantitative estimate of drug-likeness (QED) is 0.0815. The summed E-state index contributed by atoms with van der Waals surface area (Å²) in [7, 11) is 0. The lowest BCUT2D eigenvalue weighted by Crippen LogP contribution is -2.68. The Hall–Kier alpha value is -7.56. The van der Waals surface area contributed by atoms with E-state index in [-0.39, 0.29) is 90.0 Å². The van der Waals surface area contributed by atoms with E-state index >= 15 is 0 Å². The lowest BCUT2D eigenvalue weighted by atomic mass is 9.53. The Labute approximate surface area is 845 Å². The molecule has 5 amide bonds. The van der Waals surface area contributed by atoms with Gasteiger partial charge in [0.15, 0.2) is 0 Å². The van der Waals surface area contributed by atoms with Gasteiger partial charge in [0.05, 0.1) is 70.2 Å². The van der Waals surface area contributed by atoms with Crippen LogP contribution in [0.3, 0.4) is 0 Å². The van der Waals surface area contributed by atoms with E-state index in [0.29, 0.717) is 192 Å². The molecule has 798 valence electrons. The van der Waals surface area contributed by atoms with Crippen LogP contribution in [-0.4, -0.2) is 254 Å². The van der Waals surface area contributed by atoms with E-state index in [9.17, 15) is 47.9 Å². The molecule has 22 fully saturated rings. The van der Waals surface area contributed by atoms with E-state index in [2.05, 4.69) is 6.92 Å². The molecule has 2 spiro atoms. The number of likely N-dealkylation sites (tertiary alicyclic amines) is 4. The van der Waals surface area contributed by atoms with E-state index in [1.807, 2.05) is 45.0 Å². The summed E-state index contributed by atoms with van der Waals surface area (Å²) in [4.78, 5) is 136. The first kappa shape index (κ1) is 105. The number of unbranched alkanes of at least 4 members (excludes halogenated alkanes) is 1. The van der Waals surface area contributed by atoms with Crippen LogP contribution in [0.25, 0.3) is 0 Å². The number of para-hydroxylation sites is 1. The zero-order chi connectivity index (χ0) is 99.3. The summed E-state index contributed by atoms with van der Waals surface area (Å²) in [5.74, 6) is -0.0411. The van der Waals surface area contributed by atoms with Gasteiger partial charge in [0.2, 0.25) is 47.8 Å². The fourth-order valence-electron chi connectivity index (χ4n) is 28.4. The molecule has 12 unspecified atom stereocenters. The van der Waals surface area contributed by atoms with Crippen molar-refractivity contribution in [3.05, 3.63) is 29.8 Å². The number of hydrogen-bond donors (Lipinski definition) is 0. The maximum absolute atomic E-state index is 13.3. The van der Waals surface area contributed by atoms with Gasteiger partial charge in [-0.05, 0) is 285 Å². The van der Waals surface area contributed by atoms with Gasteiger partial charge in [-0.2, -0.15) is 0 Å². The molecule has 12 heterocycles. The van der Waals surface area contributed by atoms with Crippen LogP contribution >= 0.6 is 0 Å². The van der Waals surface area contributed by atoms with Crippen molar-refractivity contribution in [2.45, 2.75) is 445 Å². The highest BCUT2D eigenvalue weighted by atomic mass is 16.8. The van der Waals surface area contributed by atoms with Crippen LogP contribution in [0.5, 0.6) is 5.75 Å². The molecule has 8 bridgehead atoms. The van der Waals surface area contributed by atoms with Gasteiger partial charge >= 0.3 is 60.3 Å². The standard InChI is InChI=1S/C26H31NO6.C23H37NO5.C22H31NO6.C21H37NO5.C18H29NO6/c28-24-20-7-8-27(25(29)31-23-6-5-17-3-1-2-4-21(17)30-23)14-22(20)32-26(33-24)18-10-15-9-16(12-18)13-19(26)11-15;1-2-23(15-9-17-27-23)28-20(25)19-12-5-8-16-24(19)21(26)29-22(13-6-7-14-22)18-10-3-4-11-18;24-20-17-4-5-23(21(25)27-19-3-1-2-6-26-19)12-18(17)28-22(29-20)15-8-13-7-14(10-15)11-16(22)9-13;1-3-5-15-22(20(24)26-18-11-7-6-8-12-18)16-9-13-19(23)27-21(4-2)14-10-17-25-21;1-2-18(10-7-13-23-18)25-16(20)14-8-3-5-11-19(14)17(21)24-15-9-4-6-12-22-15/h1-4,15-16,18-20,22-23H,5-14H2;18-19H,2-17H2,1H3;13-19H,1-12H2;18H,3-17H2,1-2H3;14-15H,2-13H2,1H3. The Balaban J connectivity index is 0.000000118. The van der Waals surface area contributed by atoms with E-state index in [0.717, 1.165) is 260 Å². The summed E-state index contributed by atoms with van der Waals surface area (Å²) in [6.07, 6.45) is 44.7. The van der Waals surface area contributed by atoms with Crippen molar-refractivity contribution in [2.24, 2.45) is 65.1 Å². The molecule has 11 saturated heterocycles. The fourth-order valence-corrected chi connectivity index (χ4v) is 28.4. The molecular weight excluding hydrogens is 1840 g/mol. The van der Waals surface area contributed by atoms with Crippen LogP contribution in [0, 0.1) is 65.1 Å². The predicted octanol–water partition coefficient (Wildman–Crippen LogP) is 19.7. The van der Waals surface area contributed by atoms with E-state index < -0.39 is 66.0 Å². The summed E-state index contributed by atoms with van der Waals surface area (Å²) < 4.78 is 106. The molecule has 33 heteroatoms. The summed E-state index contributed by atoms with van der Waals surface area (Å²) in [6.45, 7) is 15.2. The molecule has 23 aliphatic rings. The second-order valence-corrected chi connectivity index (χ2v) is 45.4. The van der Waals surface area contributed by atoms with Crippen LogP contribution in [0.2, 0.25) is 0 Å². The van der Waals surface area contributed by atoms with Crippen LogP contribution in [0.15, 0.2) is 24.3 Å². The molecule has 33 nitrogen and oxygen atoms in total. The minimum Gasteiger partial charge on any atom is -0.454 e. The lowest BCUT2D eigenvalue weighted by molar-refractivity contribution is -0.365.